The van der Waals surface area contributed by atoms with Crippen molar-refractivity contribution in [2.24, 2.45) is 0 Å². The molecule has 132 valence electrons. The molecule has 0 unspecified atom stereocenters. The van der Waals surface area contributed by atoms with Gasteiger partial charge in [0.15, 0.2) is 5.52 Å². The number of nitro benzene ring substituents is 1. The number of hydrogen-bond donors (Lipinski definition) is 2. The second-order valence-electron chi connectivity index (χ2n) is 6.39. The first-order valence-corrected chi connectivity index (χ1v) is 7.61. The maximum atomic E-state index is 13.0. The molecule has 0 atom stereocenters. The lowest BCUT2D eigenvalue weighted by Crippen LogP contribution is -2.31. The molecular formula is C15H14F3N5O2. The van der Waals surface area contributed by atoms with Crippen molar-refractivity contribution in [1.82, 2.24) is 9.97 Å². The van der Waals surface area contributed by atoms with Gasteiger partial charge in [0.2, 0.25) is 5.82 Å². The summed E-state index contributed by atoms with van der Waals surface area (Å²) in [6.45, 7) is 1.91. The van der Waals surface area contributed by atoms with Gasteiger partial charge in [-0.1, -0.05) is 12.8 Å². The van der Waals surface area contributed by atoms with Crippen LogP contribution in [-0.4, -0.2) is 20.4 Å². The Morgan fingerprint density at radius 2 is 2.08 bits per heavy atom. The molecule has 3 rings (SSSR count). The standard InChI is InChI=1S/C15H14F3N5O2/c1-14(4-2-3-5-14)22-10-8(7-19)6-9(23(24)25)11-12(10)21-13(20-11)15(16,17)18/h6,22H,2-5H2,1H3,(H,20,21). The molecule has 1 fully saturated rings. The van der Waals surface area contributed by atoms with Gasteiger partial charge in [-0.2, -0.15) is 18.4 Å². The van der Waals surface area contributed by atoms with E-state index in [2.05, 4.69) is 15.3 Å². The van der Waals surface area contributed by atoms with E-state index in [-0.39, 0.29) is 16.8 Å². The average Bonchev–Trinajstić information content (AvgIpc) is 3.13. The van der Waals surface area contributed by atoms with Crippen LogP contribution in [0.15, 0.2) is 6.07 Å². The summed E-state index contributed by atoms with van der Waals surface area (Å²) in [5.74, 6) is -1.33. The number of nitrogens with zero attached hydrogens (tertiary/aromatic N) is 3. The van der Waals surface area contributed by atoms with Gasteiger partial charge in [0.05, 0.1) is 21.7 Å². The summed E-state index contributed by atoms with van der Waals surface area (Å²) in [5.41, 5.74) is -1.59. The summed E-state index contributed by atoms with van der Waals surface area (Å²) in [7, 11) is 0. The second kappa shape index (κ2) is 5.61. The zero-order valence-electron chi connectivity index (χ0n) is 13.2. The normalized spacial score (nSPS) is 16.8. The zero-order valence-corrected chi connectivity index (χ0v) is 13.2. The van der Waals surface area contributed by atoms with E-state index in [1.807, 2.05) is 13.0 Å². The molecule has 0 radical (unpaired) electrons. The lowest BCUT2D eigenvalue weighted by atomic mass is 9.98. The molecular weight excluding hydrogens is 339 g/mol. The Bertz CT molecular complexity index is 891. The van der Waals surface area contributed by atoms with Crippen LogP contribution < -0.4 is 5.32 Å². The number of aromatic nitrogens is 2. The summed E-state index contributed by atoms with van der Waals surface area (Å²) >= 11 is 0. The fraction of sp³-hybridized carbons (Fsp3) is 0.467. The first kappa shape index (κ1) is 17.0. The van der Waals surface area contributed by atoms with Crippen molar-refractivity contribution in [2.75, 3.05) is 5.32 Å². The van der Waals surface area contributed by atoms with Gasteiger partial charge in [-0.25, -0.2) is 4.98 Å². The number of rotatable bonds is 3. The van der Waals surface area contributed by atoms with E-state index < -0.39 is 33.7 Å². The average molecular weight is 353 g/mol. The smallest absolute Gasteiger partial charge is 0.377 e. The lowest BCUT2D eigenvalue weighted by molar-refractivity contribution is -0.383. The fourth-order valence-corrected chi connectivity index (χ4v) is 3.22. The van der Waals surface area contributed by atoms with Gasteiger partial charge >= 0.3 is 6.18 Å². The lowest BCUT2D eigenvalue weighted by Gasteiger charge is -2.27. The zero-order chi connectivity index (χ0) is 18.4. The van der Waals surface area contributed by atoms with Crippen molar-refractivity contribution in [3.05, 3.63) is 27.6 Å². The number of nitriles is 1. The third kappa shape index (κ3) is 2.97. The number of nitro groups is 1. The minimum Gasteiger partial charge on any atom is -0.377 e. The summed E-state index contributed by atoms with van der Waals surface area (Å²) in [4.78, 5) is 15.8. The predicted octanol–water partition coefficient (Wildman–Crippen LogP) is 4.11. The van der Waals surface area contributed by atoms with Gasteiger partial charge in [-0.05, 0) is 19.8 Å². The van der Waals surface area contributed by atoms with E-state index in [4.69, 9.17) is 0 Å². The minimum atomic E-state index is -4.78. The SMILES string of the molecule is CC1(Nc2c(C#N)cc([N+](=O)[O-])c3nc(C(F)(F)F)[nH]c23)CCCC1. The number of nitrogens with one attached hydrogen (secondary N) is 2. The Morgan fingerprint density at radius 1 is 1.44 bits per heavy atom. The molecule has 1 aliphatic carbocycles. The Morgan fingerprint density at radius 3 is 2.60 bits per heavy atom. The van der Waals surface area contributed by atoms with Gasteiger partial charge in [-0.3, -0.25) is 10.1 Å². The number of alkyl halides is 3. The maximum absolute atomic E-state index is 13.0. The molecule has 1 heterocycles. The topological polar surface area (TPSA) is 108 Å². The monoisotopic (exact) mass is 353 g/mol. The maximum Gasteiger partial charge on any atom is 0.449 e. The first-order valence-electron chi connectivity index (χ1n) is 7.61. The van der Waals surface area contributed by atoms with Crippen LogP contribution >= 0.6 is 0 Å². The van der Waals surface area contributed by atoms with Crippen LogP contribution in [0, 0.1) is 21.4 Å². The molecule has 0 aliphatic heterocycles. The van der Waals surface area contributed by atoms with E-state index in [1.54, 1.807) is 0 Å². The molecule has 0 saturated heterocycles. The molecule has 0 bridgehead atoms. The number of anilines is 1. The molecule has 1 aromatic heterocycles. The molecule has 0 amide bonds. The van der Waals surface area contributed by atoms with Gasteiger partial charge in [0.1, 0.15) is 6.07 Å². The first-order chi connectivity index (χ1) is 11.6. The second-order valence-corrected chi connectivity index (χ2v) is 6.39. The van der Waals surface area contributed by atoms with Crippen molar-refractivity contribution in [3.8, 4) is 6.07 Å². The number of fused-ring (bicyclic) bond motifs is 1. The van der Waals surface area contributed by atoms with E-state index in [0.717, 1.165) is 31.7 Å². The van der Waals surface area contributed by atoms with Crippen molar-refractivity contribution >= 4 is 22.4 Å². The number of non-ortho nitro benzene ring substituents is 1. The highest BCUT2D eigenvalue weighted by Crippen LogP contribution is 2.40. The number of benzene rings is 1. The summed E-state index contributed by atoms with van der Waals surface area (Å²) in [6, 6.07) is 2.79. The van der Waals surface area contributed by atoms with Crippen LogP contribution in [0.1, 0.15) is 44.0 Å². The Hall–Kier alpha value is -2.83. The number of imidazole rings is 1. The Balaban J connectivity index is 2.27. The highest BCUT2D eigenvalue weighted by atomic mass is 19.4. The quantitative estimate of drug-likeness (QED) is 0.638. The number of hydrogen-bond acceptors (Lipinski definition) is 5. The van der Waals surface area contributed by atoms with Gasteiger partial charge in [0, 0.05) is 11.6 Å². The van der Waals surface area contributed by atoms with Crippen LogP contribution in [0.2, 0.25) is 0 Å². The van der Waals surface area contributed by atoms with Crippen LogP contribution in [0.4, 0.5) is 24.5 Å². The van der Waals surface area contributed by atoms with Gasteiger partial charge in [-0.15, -0.1) is 0 Å². The molecule has 7 nitrogen and oxygen atoms in total. The highest BCUT2D eigenvalue weighted by molar-refractivity contribution is 5.98. The number of H-pyrrole nitrogens is 1. The predicted molar refractivity (Wildman–Crippen MR) is 83.0 cm³/mol. The summed E-state index contributed by atoms with van der Waals surface area (Å²) in [6.07, 6.45) is -1.29. The van der Waals surface area contributed by atoms with Crippen LogP contribution in [-0.2, 0) is 6.18 Å². The van der Waals surface area contributed by atoms with E-state index in [9.17, 15) is 28.5 Å². The van der Waals surface area contributed by atoms with Crippen molar-refractivity contribution in [3.63, 3.8) is 0 Å². The van der Waals surface area contributed by atoms with Gasteiger partial charge < -0.3 is 10.3 Å². The molecule has 10 heteroatoms. The number of halogens is 3. The minimum absolute atomic E-state index is 0.0929. The van der Waals surface area contributed by atoms with Crippen LogP contribution in [0.3, 0.4) is 0 Å². The molecule has 2 aromatic rings. The van der Waals surface area contributed by atoms with Gasteiger partial charge in [0.25, 0.3) is 5.69 Å². The highest BCUT2D eigenvalue weighted by Gasteiger charge is 2.38. The van der Waals surface area contributed by atoms with E-state index >= 15 is 0 Å². The summed E-state index contributed by atoms with van der Waals surface area (Å²) < 4.78 is 39.0. The molecule has 0 spiro atoms. The largest absolute Gasteiger partial charge is 0.449 e. The molecule has 1 aromatic carbocycles. The molecule has 1 aliphatic rings. The third-order valence-corrected chi connectivity index (χ3v) is 4.47. The third-order valence-electron chi connectivity index (χ3n) is 4.47. The van der Waals surface area contributed by atoms with E-state index in [0.29, 0.717) is 0 Å². The molecule has 1 saturated carbocycles. The fourth-order valence-electron chi connectivity index (χ4n) is 3.22. The van der Waals surface area contributed by atoms with Crippen molar-refractivity contribution in [1.29, 1.82) is 5.26 Å². The summed E-state index contributed by atoms with van der Waals surface area (Å²) in [5, 5.41) is 23.7. The Labute approximate surface area is 140 Å². The molecule has 25 heavy (non-hydrogen) atoms. The van der Waals surface area contributed by atoms with E-state index in [1.165, 1.54) is 0 Å². The van der Waals surface area contributed by atoms with Crippen LogP contribution in [0.5, 0.6) is 0 Å². The van der Waals surface area contributed by atoms with Crippen molar-refractivity contribution < 1.29 is 18.1 Å². The Kier molecular flexibility index (Phi) is 3.82. The number of aromatic amines is 1. The van der Waals surface area contributed by atoms with Crippen molar-refractivity contribution in [2.45, 2.75) is 44.3 Å². The van der Waals surface area contributed by atoms with Crippen LogP contribution in [0.25, 0.3) is 11.0 Å². The molecule has 2 N–H and O–H groups in total.